The summed E-state index contributed by atoms with van der Waals surface area (Å²) in [6.45, 7) is -0.212. The van der Waals surface area contributed by atoms with Gasteiger partial charge in [-0.15, -0.1) is 0 Å². The highest BCUT2D eigenvalue weighted by molar-refractivity contribution is 6.61. The van der Waals surface area contributed by atoms with Crippen molar-refractivity contribution in [2.24, 2.45) is 0 Å². The third kappa shape index (κ3) is 2.75. The highest BCUT2D eigenvalue weighted by Crippen LogP contribution is 2.16. The van der Waals surface area contributed by atoms with Gasteiger partial charge >= 0.3 is 11.3 Å². The molecule has 0 aliphatic rings. The van der Waals surface area contributed by atoms with Crippen LogP contribution in [0.3, 0.4) is 0 Å². The Balaban J connectivity index is 2.59. The molecule has 0 aliphatic carbocycles. The molecule has 1 heterocycles. The van der Waals surface area contributed by atoms with Crippen LogP contribution in [-0.2, 0) is 11.3 Å². The van der Waals surface area contributed by atoms with E-state index in [0.29, 0.717) is 0 Å². The van der Waals surface area contributed by atoms with Gasteiger partial charge in [0, 0.05) is 11.6 Å². The van der Waals surface area contributed by atoms with Crippen LogP contribution in [-0.4, -0.2) is 10.4 Å². The fourth-order valence-electron chi connectivity index (χ4n) is 0.670. The number of furan rings is 1. The van der Waals surface area contributed by atoms with Crippen LogP contribution in [0.4, 0.5) is 10.7 Å². The number of nitrogens with zero attached hydrogens (tertiary/aromatic N) is 1. The van der Waals surface area contributed by atoms with Crippen molar-refractivity contribution in [2.45, 2.75) is 6.61 Å². The molecule has 1 aromatic heterocycles. The van der Waals surface area contributed by atoms with Gasteiger partial charge in [-0.05, 0) is 6.07 Å². The van der Waals surface area contributed by atoms with E-state index in [2.05, 4.69) is 9.15 Å². The molecule has 0 atom stereocenters. The molecule has 0 unspecified atom stereocenters. The first-order valence-electron chi connectivity index (χ1n) is 3.15. The molecule has 0 saturated heterocycles. The van der Waals surface area contributed by atoms with Crippen LogP contribution >= 0.6 is 11.6 Å². The van der Waals surface area contributed by atoms with Gasteiger partial charge in [0.25, 0.3) is 0 Å². The number of hydrogen-bond donors (Lipinski definition) is 0. The Morgan fingerprint density at radius 1 is 1.69 bits per heavy atom. The Kier molecular flexibility index (Phi) is 2.86. The minimum Gasteiger partial charge on any atom is -0.445 e. The van der Waals surface area contributed by atoms with Crippen LogP contribution in [0.25, 0.3) is 0 Å². The smallest absolute Gasteiger partial charge is 0.433 e. The van der Waals surface area contributed by atoms with E-state index in [-0.39, 0.29) is 12.4 Å². The van der Waals surface area contributed by atoms with Crippen molar-refractivity contribution in [1.82, 2.24) is 0 Å². The number of ether oxygens (including phenoxy) is 1. The van der Waals surface area contributed by atoms with Crippen LogP contribution in [0.15, 0.2) is 16.5 Å². The molecule has 7 heteroatoms. The molecule has 0 N–H and O–H groups in total. The van der Waals surface area contributed by atoms with Gasteiger partial charge in [-0.25, -0.2) is 4.79 Å². The molecular formula is C6H4ClNO5. The normalized spacial score (nSPS) is 9.62. The van der Waals surface area contributed by atoms with Gasteiger partial charge in [-0.2, -0.15) is 0 Å². The molecule has 1 rings (SSSR count). The van der Waals surface area contributed by atoms with Crippen LogP contribution < -0.4 is 0 Å². The predicted molar refractivity (Wildman–Crippen MR) is 41.4 cm³/mol. The molecule has 0 bridgehead atoms. The molecule has 0 saturated carbocycles. The van der Waals surface area contributed by atoms with Gasteiger partial charge in [0.05, 0.1) is 6.07 Å². The van der Waals surface area contributed by atoms with E-state index in [9.17, 15) is 14.9 Å². The molecule has 0 aromatic carbocycles. The van der Waals surface area contributed by atoms with Gasteiger partial charge in [0.1, 0.15) is 10.7 Å². The van der Waals surface area contributed by atoms with Gasteiger partial charge in [-0.1, -0.05) is 0 Å². The molecular weight excluding hydrogens is 202 g/mol. The SMILES string of the molecule is O=C(Cl)OCc1ccc([N+](=O)[O-])o1. The fourth-order valence-corrected chi connectivity index (χ4v) is 0.725. The van der Waals surface area contributed by atoms with E-state index in [1.165, 1.54) is 6.07 Å². The van der Waals surface area contributed by atoms with E-state index in [1.54, 1.807) is 0 Å². The maximum Gasteiger partial charge on any atom is 0.433 e. The largest absolute Gasteiger partial charge is 0.445 e. The van der Waals surface area contributed by atoms with Crippen molar-refractivity contribution in [3.05, 3.63) is 28.0 Å². The topological polar surface area (TPSA) is 82.6 Å². The van der Waals surface area contributed by atoms with Crippen LogP contribution in [0, 0.1) is 10.1 Å². The Bertz CT molecular complexity index is 334. The second-order valence-corrected chi connectivity index (χ2v) is 2.33. The number of nitro groups is 1. The first-order chi connectivity index (χ1) is 6.09. The van der Waals surface area contributed by atoms with Gasteiger partial charge < -0.3 is 9.15 Å². The molecule has 0 fully saturated rings. The molecule has 70 valence electrons. The summed E-state index contributed by atoms with van der Waals surface area (Å²) in [4.78, 5) is 19.6. The van der Waals surface area contributed by atoms with Crippen molar-refractivity contribution in [3.8, 4) is 0 Å². The van der Waals surface area contributed by atoms with E-state index in [4.69, 9.17) is 11.6 Å². The second-order valence-electron chi connectivity index (χ2n) is 2.02. The summed E-state index contributed by atoms with van der Waals surface area (Å²) in [5, 5.41) is 10.1. The van der Waals surface area contributed by atoms with Crippen molar-refractivity contribution in [1.29, 1.82) is 0 Å². The minimum atomic E-state index is -0.987. The third-order valence-electron chi connectivity index (χ3n) is 1.16. The first kappa shape index (κ1) is 9.53. The summed E-state index contributed by atoms with van der Waals surface area (Å²) < 4.78 is 8.99. The van der Waals surface area contributed by atoms with E-state index in [0.717, 1.165) is 6.07 Å². The van der Waals surface area contributed by atoms with E-state index < -0.39 is 16.2 Å². The zero-order valence-corrected chi connectivity index (χ0v) is 6.98. The predicted octanol–water partition coefficient (Wildman–Crippen LogP) is 2.06. The number of hydrogen-bond acceptors (Lipinski definition) is 5. The molecule has 0 spiro atoms. The molecule has 1 aromatic rings. The second kappa shape index (κ2) is 3.90. The lowest BCUT2D eigenvalue weighted by atomic mass is 10.5. The zero-order valence-electron chi connectivity index (χ0n) is 6.23. The standard InChI is InChI=1S/C6H4ClNO5/c7-6(9)12-3-4-1-2-5(13-4)8(10)11/h1-2H,3H2. The van der Waals surface area contributed by atoms with Crippen molar-refractivity contribution >= 4 is 22.9 Å². The lowest BCUT2D eigenvalue weighted by molar-refractivity contribution is -0.402. The summed E-state index contributed by atoms with van der Waals surface area (Å²) in [5.74, 6) is -0.235. The first-order valence-corrected chi connectivity index (χ1v) is 3.53. The molecule has 6 nitrogen and oxygen atoms in total. The van der Waals surface area contributed by atoms with Crippen LogP contribution in [0.2, 0.25) is 0 Å². The highest BCUT2D eigenvalue weighted by Gasteiger charge is 2.12. The lowest BCUT2D eigenvalue weighted by Gasteiger charge is -1.93. The minimum absolute atomic E-state index is 0.167. The quantitative estimate of drug-likeness (QED) is 0.428. The van der Waals surface area contributed by atoms with Crippen molar-refractivity contribution < 1.29 is 18.9 Å². The average molecular weight is 206 g/mol. The summed E-state index contributed by atoms with van der Waals surface area (Å²) in [5.41, 5.74) is -0.987. The summed E-state index contributed by atoms with van der Waals surface area (Å²) in [7, 11) is 0. The molecule has 0 aliphatic heterocycles. The van der Waals surface area contributed by atoms with Gasteiger partial charge in [-0.3, -0.25) is 10.1 Å². The fraction of sp³-hybridized carbons (Fsp3) is 0.167. The maximum absolute atomic E-state index is 10.1. The molecule has 13 heavy (non-hydrogen) atoms. The number of halogens is 1. The number of rotatable bonds is 3. The average Bonchev–Trinajstić information content (AvgIpc) is 2.48. The molecule has 0 radical (unpaired) electrons. The van der Waals surface area contributed by atoms with Crippen molar-refractivity contribution in [3.63, 3.8) is 0 Å². The van der Waals surface area contributed by atoms with E-state index >= 15 is 0 Å². The van der Waals surface area contributed by atoms with Gasteiger partial charge in [0.15, 0.2) is 6.61 Å². The lowest BCUT2D eigenvalue weighted by Crippen LogP contribution is -1.92. The Hall–Kier alpha value is -1.56. The Morgan fingerprint density at radius 3 is 2.85 bits per heavy atom. The number of carbonyl (C=O) groups is 1. The zero-order chi connectivity index (χ0) is 9.84. The summed E-state index contributed by atoms with van der Waals surface area (Å²) >= 11 is 4.86. The Morgan fingerprint density at radius 2 is 2.38 bits per heavy atom. The maximum atomic E-state index is 10.1. The Labute approximate surface area is 77.2 Å². The van der Waals surface area contributed by atoms with Crippen LogP contribution in [0.1, 0.15) is 5.76 Å². The summed E-state index contributed by atoms with van der Waals surface area (Å²) in [6.07, 6.45) is 0. The molecule has 0 amide bonds. The van der Waals surface area contributed by atoms with Crippen LogP contribution in [0.5, 0.6) is 0 Å². The third-order valence-corrected chi connectivity index (χ3v) is 1.26. The van der Waals surface area contributed by atoms with Crippen molar-refractivity contribution in [2.75, 3.05) is 0 Å². The number of carbonyl (C=O) groups excluding carboxylic acids is 1. The summed E-state index contributed by atoms with van der Waals surface area (Å²) in [6, 6.07) is 2.50. The van der Waals surface area contributed by atoms with E-state index in [1.807, 2.05) is 0 Å². The highest BCUT2D eigenvalue weighted by atomic mass is 35.5. The monoisotopic (exact) mass is 205 g/mol. The van der Waals surface area contributed by atoms with Gasteiger partial charge in [0.2, 0.25) is 0 Å².